The molecule has 0 saturated carbocycles. The molecule has 162 valence electrons. The summed E-state index contributed by atoms with van der Waals surface area (Å²) in [7, 11) is 0. The zero-order valence-corrected chi connectivity index (χ0v) is 18.6. The molecule has 32 heavy (non-hydrogen) atoms. The first-order valence-electron chi connectivity index (χ1n) is 10.5. The molecule has 2 atom stereocenters. The van der Waals surface area contributed by atoms with Crippen molar-refractivity contribution in [2.75, 3.05) is 0 Å². The Labute approximate surface area is 191 Å². The number of nitrogens with one attached hydrogen (secondary N) is 1. The van der Waals surface area contributed by atoms with E-state index in [0.29, 0.717) is 11.7 Å². The van der Waals surface area contributed by atoms with Gasteiger partial charge in [-0.1, -0.05) is 6.07 Å². The Bertz CT molecular complexity index is 1240. The fraction of sp³-hybridized carbons (Fsp3) is 0.200. The molecule has 0 unspecified atom stereocenters. The maximum absolute atomic E-state index is 13.5. The van der Waals surface area contributed by atoms with Crippen molar-refractivity contribution in [1.82, 2.24) is 19.8 Å². The highest BCUT2D eigenvalue weighted by atomic mass is 32.1. The molecule has 1 fully saturated rings. The number of thiocarbonyl (C=S) groups is 1. The molecule has 0 spiro atoms. The van der Waals surface area contributed by atoms with Gasteiger partial charge in [-0.25, -0.2) is 4.39 Å². The molecule has 0 bridgehead atoms. The van der Waals surface area contributed by atoms with E-state index in [0.717, 1.165) is 34.1 Å². The lowest BCUT2D eigenvalue weighted by Gasteiger charge is -2.27. The van der Waals surface area contributed by atoms with E-state index >= 15 is 0 Å². The molecule has 4 aromatic rings. The molecule has 3 aromatic heterocycles. The zero-order chi connectivity index (χ0) is 22.2. The smallest absolute Gasteiger partial charge is 0.170 e. The highest BCUT2D eigenvalue weighted by molar-refractivity contribution is 7.80. The Hall–Kier alpha value is -3.45. The van der Waals surface area contributed by atoms with Crippen molar-refractivity contribution in [1.29, 1.82) is 0 Å². The quantitative estimate of drug-likeness (QED) is 0.416. The molecule has 1 aliphatic rings. The second-order valence-corrected chi connectivity index (χ2v) is 8.36. The van der Waals surface area contributed by atoms with E-state index in [1.165, 1.54) is 12.1 Å². The van der Waals surface area contributed by atoms with Gasteiger partial charge in [0.2, 0.25) is 0 Å². The van der Waals surface area contributed by atoms with Crippen LogP contribution in [0.2, 0.25) is 0 Å². The molecule has 0 aliphatic carbocycles. The average Bonchev–Trinajstić information content (AvgIpc) is 3.49. The lowest BCUT2D eigenvalue weighted by atomic mass is 9.96. The molecule has 1 aromatic carbocycles. The number of benzene rings is 1. The summed E-state index contributed by atoms with van der Waals surface area (Å²) in [5, 5.41) is 4.14. The molecule has 0 radical (unpaired) electrons. The van der Waals surface area contributed by atoms with Crippen molar-refractivity contribution >= 4 is 17.3 Å². The predicted molar refractivity (Wildman–Crippen MR) is 125 cm³/mol. The summed E-state index contributed by atoms with van der Waals surface area (Å²) in [6.07, 6.45) is 3.47. The average molecular weight is 447 g/mol. The van der Waals surface area contributed by atoms with Crippen LogP contribution in [-0.4, -0.2) is 19.6 Å². The first-order chi connectivity index (χ1) is 15.5. The standard InChI is InChI=1S/C25H23FN4OS/c1-16-14-21(17(2)30(16)19-10-8-18(26)9-11-19)24-23(22-7-3-4-12-27-22)28-25(32)29(24)15-20-6-5-13-31-20/h3-14,23-24H,15H2,1-2H3,(H,28,32)/t23-,24-/m0/s1. The summed E-state index contributed by atoms with van der Waals surface area (Å²) in [4.78, 5) is 6.77. The maximum atomic E-state index is 13.5. The van der Waals surface area contributed by atoms with E-state index < -0.39 is 0 Å². The van der Waals surface area contributed by atoms with E-state index in [1.54, 1.807) is 24.6 Å². The SMILES string of the molecule is Cc1cc([C@H]2[C@H](c3ccccn3)NC(=S)N2Cc2ccco2)c(C)n1-c1ccc(F)cc1. The van der Waals surface area contributed by atoms with Gasteiger partial charge >= 0.3 is 0 Å². The Morgan fingerprint density at radius 1 is 1.09 bits per heavy atom. The van der Waals surface area contributed by atoms with Gasteiger partial charge in [0.15, 0.2) is 5.11 Å². The van der Waals surface area contributed by atoms with Crippen molar-refractivity contribution in [3.63, 3.8) is 0 Å². The van der Waals surface area contributed by atoms with Gasteiger partial charge in [-0.15, -0.1) is 0 Å². The largest absolute Gasteiger partial charge is 0.467 e. The van der Waals surface area contributed by atoms with Crippen LogP contribution in [0.4, 0.5) is 4.39 Å². The van der Waals surface area contributed by atoms with Crippen LogP contribution in [-0.2, 0) is 6.54 Å². The first kappa shape index (κ1) is 20.5. The zero-order valence-electron chi connectivity index (χ0n) is 17.8. The molecule has 0 amide bonds. The second-order valence-electron chi connectivity index (χ2n) is 7.97. The predicted octanol–water partition coefficient (Wildman–Crippen LogP) is 5.39. The first-order valence-corrected chi connectivity index (χ1v) is 10.9. The molecule has 4 heterocycles. The third-order valence-electron chi connectivity index (χ3n) is 5.98. The van der Waals surface area contributed by atoms with Gasteiger partial charge in [0.05, 0.1) is 30.6 Å². The topological polar surface area (TPSA) is 46.2 Å². The van der Waals surface area contributed by atoms with Gasteiger partial charge in [-0.2, -0.15) is 0 Å². The number of hydrogen-bond acceptors (Lipinski definition) is 3. The number of pyridine rings is 1. The van der Waals surface area contributed by atoms with Gasteiger partial charge in [0.1, 0.15) is 11.6 Å². The molecule has 5 nitrogen and oxygen atoms in total. The lowest BCUT2D eigenvalue weighted by molar-refractivity contribution is 0.286. The van der Waals surface area contributed by atoms with Crippen LogP contribution in [0.15, 0.2) is 77.5 Å². The van der Waals surface area contributed by atoms with E-state index in [9.17, 15) is 4.39 Å². The summed E-state index contributed by atoms with van der Waals surface area (Å²) in [5.74, 6) is 0.592. The molecule has 1 N–H and O–H groups in total. The number of halogens is 1. The van der Waals surface area contributed by atoms with E-state index in [-0.39, 0.29) is 17.9 Å². The molecular weight excluding hydrogens is 423 g/mol. The maximum Gasteiger partial charge on any atom is 0.170 e. The second kappa shape index (κ2) is 8.24. The summed E-state index contributed by atoms with van der Waals surface area (Å²) in [6, 6.07) is 18.3. The molecule has 1 aliphatic heterocycles. The van der Waals surface area contributed by atoms with Gasteiger partial charge in [0, 0.05) is 23.3 Å². The van der Waals surface area contributed by atoms with E-state index in [2.05, 4.69) is 39.7 Å². The lowest BCUT2D eigenvalue weighted by Crippen LogP contribution is -2.29. The fourth-order valence-electron chi connectivity index (χ4n) is 4.56. The third kappa shape index (κ3) is 3.58. The number of aromatic nitrogens is 2. The van der Waals surface area contributed by atoms with Crippen molar-refractivity contribution in [2.24, 2.45) is 0 Å². The minimum absolute atomic E-state index is 0.0806. The number of nitrogens with zero attached hydrogens (tertiary/aromatic N) is 3. The van der Waals surface area contributed by atoms with Crippen LogP contribution in [0.3, 0.4) is 0 Å². The number of rotatable bonds is 5. The Balaban J connectivity index is 1.62. The minimum Gasteiger partial charge on any atom is -0.467 e. The number of aryl methyl sites for hydroxylation is 1. The van der Waals surface area contributed by atoms with Gasteiger partial charge in [-0.05, 0) is 86.2 Å². The number of furan rings is 1. The Morgan fingerprint density at radius 3 is 2.59 bits per heavy atom. The molecule has 7 heteroatoms. The molecule has 1 saturated heterocycles. The van der Waals surface area contributed by atoms with Crippen LogP contribution in [0.25, 0.3) is 5.69 Å². The third-order valence-corrected chi connectivity index (χ3v) is 6.33. The summed E-state index contributed by atoms with van der Waals surface area (Å²) >= 11 is 5.76. The summed E-state index contributed by atoms with van der Waals surface area (Å²) < 4.78 is 21.3. The van der Waals surface area contributed by atoms with Crippen LogP contribution in [0.5, 0.6) is 0 Å². The fourth-order valence-corrected chi connectivity index (χ4v) is 4.86. The van der Waals surface area contributed by atoms with Crippen LogP contribution >= 0.6 is 12.2 Å². The molecular formula is C25H23FN4OS. The van der Waals surface area contributed by atoms with Gasteiger partial charge in [0.25, 0.3) is 0 Å². The summed E-state index contributed by atoms with van der Waals surface area (Å²) in [5.41, 5.74) is 5.14. The Kier molecular flexibility index (Phi) is 5.27. The van der Waals surface area contributed by atoms with Crippen molar-refractivity contribution < 1.29 is 8.81 Å². The van der Waals surface area contributed by atoms with Crippen molar-refractivity contribution in [2.45, 2.75) is 32.5 Å². The van der Waals surface area contributed by atoms with E-state index in [4.69, 9.17) is 16.6 Å². The van der Waals surface area contributed by atoms with Crippen LogP contribution in [0, 0.1) is 19.7 Å². The van der Waals surface area contributed by atoms with Gasteiger partial charge in [-0.3, -0.25) is 4.98 Å². The Morgan fingerprint density at radius 2 is 1.91 bits per heavy atom. The normalized spacial score (nSPS) is 18.2. The molecule has 5 rings (SSSR count). The van der Waals surface area contributed by atoms with Crippen molar-refractivity contribution in [3.05, 3.63) is 107 Å². The number of hydrogen-bond donors (Lipinski definition) is 1. The van der Waals surface area contributed by atoms with Crippen molar-refractivity contribution in [3.8, 4) is 5.69 Å². The minimum atomic E-state index is -0.249. The van der Waals surface area contributed by atoms with E-state index in [1.807, 2.05) is 30.3 Å². The monoisotopic (exact) mass is 446 g/mol. The highest BCUT2D eigenvalue weighted by Gasteiger charge is 2.41. The van der Waals surface area contributed by atoms with Crippen LogP contribution < -0.4 is 5.32 Å². The van der Waals surface area contributed by atoms with Crippen LogP contribution in [0.1, 0.15) is 40.5 Å². The summed E-state index contributed by atoms with van der Waals surface area (Å²) in [6.45, 7) is 4.70. The van der Waals surface area contributed by atoms with Gasteiger partial charge < -0.3 is 19.2 Å². The highest BCUT2D eigenvalue weighted by Crippen LogP contribution is 2.42.